The van der Waals surface area contributed by atoms with E-state index in [-0.39, 0.29) is 29.8 Å². The fourth-order valence-electron chi connectivity index (χ4n) is 3.67. The highest BCUT2D eigenvalue weighted by atomic mass is 79.9. The lowest BCUT2D eigenvalue weighted by molar-refractivity contribution is -0.121. The molecule has 9 N–H and O–H groups in total. The molecule has 3 atom stereocenters. The van der Waals surface area contributed by atoms with Crippen molar-refractivity contribution in [2.24, 2.45) is 4.99 Å². The second-order valence-electron chi connectivity index (χ2n) is 9.92. The van der Waals surface area contributed by atoms with Crippen molar-refractivity contribution in [3.05, 3.63) is 57.6 Å². The van der Waals surface area contributed by atoms with Crippen molar-refractivity contribution < 1.29 is 30.0 Å². The quantitative estimate of drug-likeness (QED) is 0.206. The van der Waals surface area contributed by atoms with Crippen LogP contribution in [0.2, 0.25) is 0 Å². The third kappa shape index (κ3) is 8.58. The van der Waals surface area contributed by atoms with Gasteiger partial charge < -0.3 is 36.4 Å². The van der Waals surface area contributed by atoms with Crippen molar-refractivity contribution in [1.82, 2.24) is 21.3 Å². The molecule has 2 amide bonds. The van der Waals surface area contributed by atoms with Crippen molar-refractivity contribution in [3.63, 3.8) is 0 Å². The van der Waals surface area contributed by atoms with Gasteiger partial charge in [-0.1, -0.05) is 42.8 Å². The van der Waals surface area contributed by atoms with E-state index >= 15 is 0 Å². The number of hydrogen-bond donors (Lipinski definition) is 9. The van der Waals surface area contributed by atoms with Crippen LogP contribution in [-0.4, -0.2) is 64.1 Å². The Morgan fingerprint density at radius 3 is 2.50 bits per heavy atom. The van der Waals surface area contributed by atoms with Crippen LogP contribution < -0.4 is 26.6 Å². The minimum absolute atomic E-state index is 0.123. The number of aliphatic hydroxyl groups is 2. The number of phenolic OH excluding ortho intramolecular Hbond substituents is 1. The highest BCUT2D eigenvalue weighted by Crippen LogP contribution is 2.29. The summed E-state index contributed by atoms with van der Waals surface area (Å²) in [5.41, 5.74) is 1.98. The number of anilines is 1. The summed E-state index contributed by atoms with van der Waals surface area (Å²) in [6, 6.07) is 9.80. The molecule has 0 radical (unpaired) electrons. The maximum atomic E-state index is 12.7. The molecular formula is C25H33BrN6O6. The summed E-state index contributed by atoms with van der Waals surface area (Å²) in [6.07, 6.45) is -4.24. The molecule has 1 heterocycles. The van der Waals surface area contributed by atoms with Crippen molar-refractivity contribution in [1.29, 1.82) is 0 Å². The minimum Gasteiger partial charge on any atom is -0.508 e. The van der Waals surface area contributed by atoms with Gasteiger partial charge in [0.2, 0.25) is 5.91 Å². The van der Waals surface area contributed by atoms with Crippen molar-refractivity contribution >= 4 is 39.6 Å². The first-order valence-electron chi connectivity index (χ1n) is 11.9. The zero-order valence-corrected chi connectivity index (χ0v) is 22.8. The van der Waals surface area contributed by atoms with Gasteiger partial charge in [-0.3, -0.25) is 20.4 Å². The molecule has 0 fully saturated rings. The van der Waals surface area contributed by atoms with Gasteiger partial charge in [-0.15, -0.1) is 0 Å². The second-order valence-corrected chi connectivity index (χ2v) is 10.8. The van der Waals surface area contributed by atoms with Crippen LogP contribution in [0.25, 0.3) is 0 Å². The molecule has 2 aromatic carbocycles. The van der Waals surface area contributed by atoms with Crippen LogP contribution in [0, 0.1) is 0 Å². The van der Waals surface area contributed by atoms with E-state index in [1.165, 1.54) is 12.1 Å². The summed E-state index contributed by atoms with van der Waals surface area (Å²) in [7, 11) is 0. The Labute approximate surface area is 228 Å². The summed E-state index contributed by atoms with van der Waals surface area (Å²) >= 11 is 3.45. The SMILES string of the molecule is CC(C)(C)c1cc(Br)cc(C(NC(=O)O)NC(=O)CNC(O)c2cc(O)cc(NC3=NCC(O)CN3)c2)c1. The summed E-state index contributed by atoms with van der Waals surface area (Å²) < 4.78 is 0.735. The molecule has 206 valence electrons. The minimum atomic E-state index is -1.32. The summed E-state index contributed by atoms with van der Waals surface area (Å²) in [6.45, 7) is 6.28. The first-order valence-corrected chi connectivity index (χ1v) is 12.7. The lowest BCUT2D eigenvalue weighted by atomic mass is 9.86. The predicted molar refractivity (Wildman–Crippen MR) is 146 cm³/mol. The molecule has 13 heteroatoms. The number of carbonyl (C=O) groups is 2. The zero-order valence-electron chi connectivity index (χ0n) is 21.2. The third-order valence-corrected chi connectivity index (χ3v) is 6.09. The maximum absolute atomic E-state index is 12.7. The van der Waals surface area contributed by atoms with E-state index in [1.54, 1.807) is 12.1 Å². The first kappa shape index (κ1) is 29.2. The van der Waals surface area contributed by atoms with E-state index in [1.807, 2.05) is 32.9 Å². The Bertz CT molecular complexity index is 1200. The summed E-state index contributed by atoms with van der Waals surface area (Å²) in [5, 5.41) is 53.0. The van der Waals surface area contributed by atoms with Gasteiger partial charge in [-0.25, -0.2) is 4.79 Å². The van der Waals surface area contributed by atoms with Crippen LogP contribution in [0.1, 0.15) is 49.9 Å². The van der Waals surface area contributed by atoms with E-state index in [2.05, 4.69) is 47.5 Å². The number of carbonyl (C=O) groups excluding carboxylic acids is 1. The van der Waals surface area contributed by atoms with Gasteiger partial charge in [0.15, 0.2) is 5.96 Å². The Hall–Kier alpha value is -3.39. The average Bonchev–Trinajstić information content (AvgIpc) is 2.82. The summed E-state index contributed by atoms with van der Waals surface area (Å²) in [4.78, 5) is 28.3. The van der Waals surface area contributed by atoms with E-state index in [0.717, 1.165) is 10.0 Å². The van der Waals surface area contributed by atoms with Crippen LogP contribution in [0.3, 0.4) is 0 Å². The van der Waals surface area contributed by atoms with Gasteiger partial charge in [-0.05, 0) is 40.8 Å². The fraction of sp³-hybridized carbons (Fsp3) is 0.400. The van der Waals surface area contributed by atoms with Crippen molar-refractivity contribution in [2.75, 3.05) is 25.0 Å². The van der Waals surface area contributed by atoms with Crippen molar-refractivity contribution in [3.8, 4) is 5.75 Å². The lowest BCUT2D eigenvalue weighted by Gasteiger charge is -2.24. The first-order chi connectivity index (χ1) is 17.8. The molecule has 1 aliphatic rings. The number of halogens is 1. The number of nitrogens with one attached hydrogen (secondary N) is 5. The predicted octanol–water partition coefficient (Wildman–Crippen LogP) is 1.85. The normalized spacial score (nSPS) is 17.0. The second kappa shape index (κ2) is 12.4. The number of rotatable bonds is 8. The average molecular weight is 593 g/mol. The van der Waals surface area contributed by atoms with Gasteiger partial charge in [0.25, 0.3) is 0 Å². The third-order valence-electron chi connectivity index (χ3n) is 5.63. The smallest absolute Gasteiger partial charge is 0.406 e. The lowest BCUT2D eigenvalue weighted by Crippen LogP contribution is -2.44. The number of phenols is 1. The number of guanidine groups is 1. The molecule has 0 saturated carbocycles. The van der Waals surface area contributed by atoms with Crippen LogP contribution in [0.5, 0.6) is 5.75 Å². The molecule has 0 bridgehead atoms. The number of nitrogens with zero attached hydrogens (tertiary/aromatic N) is 1. The van der Waals surface area contributed by atoms with Crippen molar-refractivity contribution in [2.45, 2.75) is 44.7 Å². The number of carboxylic acid groups (broad SMARTS) is 1. The fourth-order valence-corrected chi connectivity index (χ4v) is 4.19. The van der Waals surface area contributed by atoms with Gasteiger partial charge >= 0.3 is 6.09 Å². The number of amides is 2. The monoisotopic (exact) mass is 592 g/mol. The Kier molecular flexibility index (Phi) is 9.55. The number of aromatic hydroxyl groups is 1. The highest BCUT2D eigenvalue weighted by molar-refractivity contribution is 9.10. The summed E-state index contributed by atoms with van der Waals surface area (Å²) in [5.74, 6) is -0.285. The van der Waals surface area contributed by atoms with E-state index in [9.17, 15) is 30.0 Å². The molecule has 3 rings (SSSR count). The largest absolute Gasteiger partial charge is 0.508 e. The Balaban J connectivity index is 1.66. The molecule has 0 spiro atoms. The molecule has 38 heavy (non-hydrogen) atoms. The highest BCUT2D eigenvalue weighted by Gasteiger charge is 2.22. The molecule has 2 aromatic rings. The van der Waals surface area contributed by atoms with Crippen LogP contribution >= 0.6 is 15.9 Å². The number of benzene rings is 2. The zero-order chi connectivity index (χ0) is 28.0. The molecule has 0 saturated heterocycles. The molecule has 0 aromatic heterocycles. The molecule has 0 aliphatic carbocycles. The number of β-amino-alcohol motifs (C(OH)–C–C–N with tert-alkyl or cyclic N) is 1. The van der Waals surface area contributed by atoms with Gasteiger partial charge in [0.05, 0.1) is 19.2 Å². The number of aliphatic imine (C=N–C) groups is 1. The Morgan fingerprint density at radius 2 is 1.87 bits per heavy atom. The van der Waals surface area contributed by atoms with E-state index < -0.39 is 30.5 Å². The molecular weight excluding hydrogens is 560 g/mol. The topological polar surface area (TPSA) is 188 Å². The standard InChI is InChI=1S/C25H33BrN6O6/c1-25(2,3)15-4-13(5-16(26)8-15)21(32-24(37)38)31-20(35)12-27-22(36)14-6-17(9-18(33)7-14)30-23-28-10-19(34)11-29-23/h4-9,19,21-22,27,32-34,36H,10-12H2,1-3H3,(H,31,35)(H,37,38)(H2,28,29,30). The van der Waals surface area contributed by atoms with Crippen LogP contribution in [0.4, 0.5) is 10.5 Å². The number of aliphatic hydroxyl groups excluding tert-OH is 2. The van der Waals surface area contributed by atoms with Crippen LogP contribution in [-0.2, 0) is 10.2 Å². The van der Waals surface area contributed by atoms with Gasteiger partial charge in [-0.2, -0.15) is 0 Å². The van der Waals surface area contributed by atoms with Crippen LogP contribution in [0.15, 0.2) is 45.9 Å². The van der Waals surface area contributed by atoms with Gasteiger partial charge in [0.1, 0.15) is 18.1 Å². The molecule has 3 unspecified atom stereocenters. The maximum Gasteiger partial charge on any atom is 0.406 e. The van der Waals surface area contributed by atoms with E-state index in [0.29, 0.717) is 23.8 Å². The molecule has 1 aliphatic heterocycles. The Morgan fingerprint density at radius 1 is 1.13 bits per heavy atom. The molecule has 12 nitrogen and oxygen atoms in total. The van der Waals surface area contributed by atoms with E-state index in [4.69, 9.17) is 0 Å². The number of hydrogen-bond acceptors (Lipinski definition) is 9. The van der Waals surface area contributed by atoms with Gasteiger partial charge in [0, 0.05) is 28.3 Å².